The van der Waals surface area contributed by atoms with Gasteiger partial charge in [0.2, 0.25) is 5.91 Å². The largest absolute Gasteiger partial charge is 0.383 e. The van der Waals surface area contributed by atoms with Gasteiger partial charge in [-0.2, -0.15) is 5.10 Å². The van der Waals surface area contributed by atoms with Gasteiger partial charge in [-0.05, 0) is 63.4 Å². The molecule has 4 N–H and O–H groups in total. The predicted molar refractivity (Wildman–Crippen MR) is 162 cm³/mol. The molecule has 11 heteroatoms. The molecular formula is C31H37N9O2. The van der Waals surface area contributed by atoms with E-state index in [1.165, 1.54) is 6.33 Å². The summed E-state index contributed by atoms with van der Waals surface area (Å²) in [5.41, 5.74) is 10.4. The molecule has 2 fully saturated rings. The fourth-order valence-electron chi connectivity index (χ4n) is 6.23. The summed E-state index contributed by atoms with van der Waals surface area (Å²) in [5.74, 6) is 1.94. The standard InChI is InChI=1S/C31H37N9O2/c1-19-10-11-33-25(13-19)36-31(42)21-8-6-20(7-9-21)28-27-29(32)34-18-35-30(27)40(37-28)24-14-22-16-39(17-23(22)15-24)26(41)5-4-12-38(2)3/h4-11,13,18,22-24,31,42H,12,14-17H2,1-3H3,(H,33,36)(H2,32,34,35)/b5-4+. The Kier molecular flexibility index (Phi) is 7.61. The van der Waals surface area contributed by atoms with Gasteiger partial charge in [-0.15, -0.1) is 0 Å². The number of aryl methyl sites for hydroxylation is 1. The fraction of sp³-hybridized carbons (Fsp3) is 0.387. The van der Waals surface area contributed by atoms with E-state index in [2.05, 4.69) is 20.3 Å². The van der Waals surface area contributed by atoms with E-state index in [-0.39, 0.29) is 11.9 Å². The highest BCUT2D eigenvalue weighted by molar-refractivity contribution is 5.98. The first kappa shape index (κ1) is 27.8. The molecule has 1 saturated heterocycles. The second-order valence-electron chi connectivity index (χ2n) is 11.7. The van der Waals surface area contributed by atoms with Crippen LogP contribution in [0.4, 0.5) is 11.6 Å². The van der Waals surface area contributed by atoms with Gasteiger partial charge in [0.15, 0.2) is 11.9 Å². The van der Waals surface area contributed by atoms with Crippen LogP contribution in [0.2, 0.25) is 0 Å². The zero-order valence-electron chi connectivity index (χ0n) is 24.2. The van der Waals surface area contributed by atoms with Crippen LogP contribution in [0.15, 0.2) is 61.1 Å². The summed E-state index contributed by atoms with van der Waals surface area (Å²) in [6.07, 6.45) is 7.76. The Morgan fingerprint density at radius 3 is 2.57 bits per heavy atom. The summed E-state index contributed by atoms with van der Waals surface area (Å²) in [7, 11) is 3.97. The van der Waals surface area contributed by atoms with Crippen molar-refractivity contribution in [1.29, 1.82) is 0 Å². The molecule has 0 bridgehead atoms. The van der Waals surface area contributed by atoms with Gasteiger partial charge in [-0.3, -0.25) is 4.79 Å². The lowest BCUT2D eigenvalue weighted by molar-refractivity contribution is -0.125. The average Bonchev–Trinajstić information content (AvgIpc) is 3.65. The van der Waals surface area contributed by atoms with Crippen LogP contribution in [0.25, 0.3) is 22.3 Å². The van der Waals surface area contributed by atoms with Crippen LogP contribution in [0.3, 0.4) is 0 Å². The fourth-order valence-corrected chi connectivity index (χ4v) is 6.23. The Bertz CT molecular complexity index is 1600. The maximum absolute atomic E-state index is 12.7. The number of hydrogen-bond acceptors (Lipinski definition) is 9. The van der Waals surface area contributed by atoms with Crippen LogP contribution in [0.5, 0.6) is 0 Å². The molecule has 3 atom stereocenters. The first-order chi connectivity index (χ1) is 20.3. The van der Waals surface area contributed by atoms with Crippen molar-refractivity contribution >= 4 is 28.6 Å². The molecular weight excluding hydrogens is 530 g/mol. The van der Waals surface area contributed by atoms with Gasteiger partial charge in [-0.1, -0.05) is 30.3 Å². The number of pyridine rings is 1. The van der Waals surface area contributed by atoms with Gasteiger partial charge in [0, 0.05) is 43.0 Å². The predicted octanol–water partition coefficient (Wildman–Crippen LogP) is 3.41. The molecule has 42 heavy (non-hydrogen) atoms. The molecule has 1 aromatic carbocycles. The quantitative estimate of drug-likeness (QED) is 0.216. The number of anilines is 2. The van der Waals surface area contributed by atoms with E-state index in [4.69, 9.17) is 10.8 Å². The number of amides is 1. The average molecular weight is 568 g/mol. The van der Waals surface area contributed by atoms with E-state index < -0.39 is 6.23 Å². The van der Waals surface area contributed by atoms with Crippen molar-refractivity contribution in [3.63, 3.8) is 0 Å². The zero-order chi connectivity index (χ0) is 29.4. The number of fused-ring (bicyclic) bond motifs is 2. The maximum Gasteiger partial charge on any atom is 0.246 e. The van der Waals surface area contributed by atoms with E-state index >= 15 is 0 Å². The first-order valence-electron chi connectivity index (χ1n) is 14.3. The SMILES string of the molecule is Cc1ccnc(NC(O)c2ccc(-c3nn(C4CC5CN(C(=O)/C=C/CN(C)C)CC5C4)c4ncnc(N)c34)cc2)c1. The van der Waals surface area contributed by atoms with E-state index in [9.17, 15) is 9.90 Å². The third kappa shape index (κ3) is 5.57. The van der Waals surface area contributed by atoms with E-state index in [0.717, 1.165) is 60.3 Å². The molecule has 218 valence electrons. The van der Waals surface area contributed by atoms with Crippen molar-refractivity contribution in [1.82, 2.24) is 34.5 Å². The van der Waals surface area contributed by atoms with Gasteiger partial charge in [0.1, 0.15) is 23.7 Å². The molecule has 1 aliphatic carbocycles. The number of carbonyl (C=O) groups excluding carboxylic acids is 1. The lowest BCUT2D eigenvalue weighted by Crippen LogP contribution is -2.28. The van der Waals surface area contributed by atoms with Crippen molar-refractivity contribution in [2.45, 2.75) is 32.0 Å². The number of carbonyl (C=O) groups is 1. The van der Waals surface area contributed by atoms with Gasteiger partial charge in [0.25, 0.3) is 0 Å². The molecule has 2 aliphatic rings. The molecule has 3 aromatic heterocycles. The normalized spacial score (nSPS) is 21.0. The molecule has 4 heterocycles. The van der Waals surface area contributed by atoms with Gasteiger partial charge >= 0.3 is 0 Å². The number of benzene rings is 1. The van der Waals surface area contributed by atoms with Gasteiger partial charge < -0.3 is 26.0 Å². The number of nitrogens with two attached hydrogens (primary N) is 1. The van der Waals surface area contributed by atoms with E-state index in [1.54, 1.807) is 12.3 Å². The minimum atomic E-state index is -0.913. The van der Waals surface area contributed by atoms with Crippen molar-refractivity contribution in [3.05, 3.63) is 72.2 Å². The van der Waals surface area contributed by atoms with Crippen molar-refractivity contribution in [3.8, 4) is 11.3 Å². The number of rotatable bonds is 8. The van der Waals surface area contributed by atoms with Crippen molar-refractivity contribution in [2.24, 2.45) is 11.8 Å². The smallest absolute Gasteiger partial charge is 0.246 e. The topological polar surface area (TPSA) is 138 Å². The molecule has 1 aliphatic heterocycles. The third-order valence-corrected chi connectivity index (χ3v) is 8.33. The summed E-state index contributed by atoms with van der Waals surface area (Å²) < 4.78 is 2.01. The highest BCUT2D eigenvalue weighted by atomic mass is 16.3. The number of nitrogens with zero attached hydrogens (tertiary/aromatic N) is 7. The number of likely N-dealkylation sites (tertiary alicyclic amines) is 1. The lowest BCUT2D eigenvalue weighted by atomic mass is 10.0. The Hall–Kier alpha value is -4.35. The lowest BCUT2D eigenvalue weighted by Gasteiger charge is -2.18. The Morgan fingerprint density at radius 2 is 1.88 bits per heavy atom. The van der Waals surface area contributed by atoms with Crippen LogP contribution in [0, 0.1) is 18.8 Å². The minimum Gasteiger partial charge on any atom is -0.383 e. The maximum atomic E-state index is 12.7. The Morgan fingerprint density at radius 1 is 1.14 bits per heavy atom. The highest BCUT2D eigenvalue weighted by Crippen LogP contribution is 2.45. The van der Waals surface area contributed by atoms with Gasteiger partial charge in [-0.25, -0.2) is 19.6 Å². The molecule has 11 nitrogen and oxygen atoms in total. The molecule has 4 aromatic rings. The van der Waals surface area contributed by atoms with Crippen LogP contribution in [0.1, 0.15) is 36.2 Å². The molecule has 6 rings (SSSR count). The molecule has 3 unspecified atom stereocenters. The summed E-state index contributed by atoms with van der Waals surface area (Å²) in [5, 5.41) is 19.6. The number of hydrogen-bond donors (Lipinski definition) is 3. The van der Waals surface area contributed by atoms with E-state index in [1.807, 2.05) is 78.0 Å². The summed E-state index contributed by atoms with van der Waals surface area (Å²) in [6, 6.07) is 11.6. The number of nitrogens with one attached hydrogen (secondary N) is 1. The monoisotopic (exact) mass is 567 g/mol. The first-order valence-corrected chi connectivity index (χ1v) is 14.3. The van der Waals surface area contributed by atoms with Crippen molar-refractivity contribution in [2.75, 3.05) is 44.8 Å². The molecule has 0 radical (unpaired) electrons. The van der Waals surface area contributed by atoms with Crippen LogP contribution >= 0.6 is 0 Å². The molecule has 0 spiro atoms. The molecule has 1 amide bonds. The third-order valence-electron chi connectivity index (χ3n) is 8.33. The summed E-state index contributed by atoms with van der Waals surface area (Å²) in [4.78, 5) is 29.8. The van der Waals surface area contributed by atoms with Crippen LogP contribution < -0.4 is 11.1 Å². The zero-order valence-corrected chi connectivity index (χ0v) is 24.2. The van der Waals surface area contributed by atoms with Crippen LogP contribution in [-0.2, 0) is 4.79 Å². The van der Waals surface area contributed by atoms with Gasteiger partial charge in [0.05, 0.1) is 11.4 Å². The second kappa shape index (κ2) is 11.5. The Balaban J connectivity index is 1.20. The summed E-state index contributed by atoms with van der Waals surface area (Å²) in [6.45, 7) is 4.27. The van der Waals surface area contributed by atoms with Crippen LogP contribution in [-0.4, -0.2) is 79.3 Å². The number of likely N-dealkylation sites (N-methyl/N-ethyl adjacent to an activating group) is 1. The van der Waals surface area contributed by atoms with Crippen molar-refractivity contribution < 1.29 is 9.90 Å². The number of aromatic nitrogens is 5. The number of nitrogen functional groups attached to an aromatic ring is 1. The highest BCUT2D eigenvalue weighted by Gasteiger charge is 2.43. The van der Waals surface area contributed by atoms with E-state index in [0.29, 0.717) is 29.0 Å². The number of aliphatic hydroxyl groups is 1. The number of aliphatic hydroxyl groups excluding tert-OH is 1. The Labute approximate surface area is 245 Å². The second-order valence-corrected chi connectivity index (χ2v) is 11.7. The minimum absolute atomic E-state index is 0.0917. The summed E-state index contributed by atoms with van der Waals surface area (Å²) >= 11 is 0. The molecule has 1 saturated carbocycles.